The lowest BCUT2D eigenvalue weighted by atomic mass is 10.2. The highest BCUT2D eigenvalue weighted by Gasteiger charge is 2.20. The summed E-state index contributed by atoms with van der Waals surface area (Å²) in [4.78, 5) is 12.7. The minimum atomic E-state index is -0.0625. The average Bonchev–Trinajstić information content (AvgIpc) is 3.14. The molecule has 0 aliphatic heterocycles. The Bertz CT molecular complexity index is 879. The number of ether oxygens (including phenoxy) is 2. The van der Waals surface area contributed by atoms with Crippen LogP contribution in [0.25, 0.3) is 21.9 Å². The topological polar surface area (TPSA) is 57.4 Å². The summed E-state index contributed by atoms with van der Waals surface area (Å²) in [6, 6.07) is 10.2. The van der Waals surface area contributed by atoms with Gasteiger partial charge < -0.3 is 23.9 Å². The largest absolute Gasteiger partial charge is 0.385 e. The maximum Gasteiger partial charge on any atom is 0.268 e. The molecular weight excluding hydrogens is 318 g/mol. The van der Waals surface area contributed by atoms with Gasteiger partial charge in [-0.05, 0) is 18.6 Å². The first-order valence-corrected chi connectivity index (χ1v) is 8.51. The van der Waals surface area contributed by atoms with Crippen LogP contribution in [-0.4, -0.2) is 49.0 Å². The molecule has 0 atom stereocenters. The maximum absolute atomic E-state index is 12.7. The molecule has 1 N–H and O–H groups in total. The first-order chi connectivity index (χ1) is 12.2. The zero-order valence-electron chi connectivity index (χ0n) is 15.0. The van der Waals surface area contributed by atoms with Gasteiger partial charge in [0.15, 0.2) is 0 Å². The van der Waals surface area contributed by atoms with Gasteiger partial charge in [0, 0.05) is 46.3 Å². The number of benzene rings is 1. The number of nitrogens with zero attached hydrogens (tertiary/aromatic N) is 2. The number of amides is 1. The zero-order chi connectivity index (χ0) is 17.8. The molecule has 3 rings (SSSR count). The molecule has 0 fully saturated rings. The normalized spacial score (nSPS) is 11.5. The molecule has 2 aromatic heterocycles. The summed E-state index contributed by atoms with van der Waals surface area (Å²) in [5, 5.41) is 4.13. The molecular formula is C19H25N3O3. The van der Waals surface area contributed by atoms with Gasteiger partial charge in [0.2, 0.25) is 0 Å². The lowest BCUT2D eigenvalue weighted by molar-refractivity contribution is 0.0937. The number of hydrogen-bond acceptors (Lipinski definition) is 3. The monoisotopic (exact) mass is 343 g/mol. The van der Waals surface area contributed by atoms with Crippen molar-refractivity contribution in [2.75, 3.05) is 34.0 Å². The summed E-state index contributed by atoms with van der Waals surface area (Å²) in [6.45, 7) is 2.42. The molecule has 2 heterocycles. The molecule has 0 radical (unpaired) electrons. The third-order valence-corrected chi connectivity index (χ3v) is 4.52. The summed E-state index contributed by atoms with van der Waals surface area (Å²) >= 11 is 0. The van der Waals surface area contributed by atoms with Gasteiger partial charge in [-0.1, -0.05) is 18.2 Å². The van der Waals surface area contributed by atoms with Gasteiger partial charge >= 0.3 is 0 Å². The number of methoxy groups -OCH3 is 2. The van der Waals surface area contributed by atoms with Crippen molar-refractivity contribution in [1.82, 2.24) is 14.5 Å². The highest BCUT2D eigenvalue weighted by Crippen LogP contribution is 2.30. The van der Waals surface area contributed by atoms with Gasteiger partial charge in [-0.25, -0.2) is 0 Å². The highest BCUT2D eigenvalue weighted by atomic mass is 16.5. The Balaban J connectivity index is 2.02. The molecule has 0 spiro atoms. The van der Waals surface area contributed by atoms with Crippen LogP contribution in [0.2, 0.25) is 0 Å². The van der Waals surface area contributed by atoms with E-state index in [4.69, 9.17) is 9.47 Å². The lowest BCUT2D eigenvalue weighted by Gasteiger charge is -2.11. The van der Waals surface area contributed by atoms with Crippen LogP contribution in [0, 0.1) is 0 Å². The van der Waals surface area contributed by atoms with Crippen LogP contribution in [-0.2, 0) is 23.1 Å². The summed E-state index contributed by atoms with van der Waals surface area (Å²) in [7, 11) is 5.37. The number of carbonyl (C=O) groups is 1. The van der Waals surface area contributed by atoms with E-state index in [0.717, 1.165) is 28.4 Å². The van der Waals surface area contributed by atoms with Crippen LogP contribution in [0.1, 0.15) is 16.9 Å². The standard InChI is InChI=1S/C19H25N3O3/c1-21-15-8-5-4-7-14(15)18-16(21)13-17(22(18)10-12-25-3)19(23)20-9-6-11-24-2/h4-5,7-8,13H,6,9-12H2,1-3H3,(H,20,23). The molecule has 1 aromatic carbocycles. The molecule has 1 amide bonds. The molecule has 3 aromatic rings. The molecule has 0 saturated carbocycles. The SMILES string of the molecule is COCCCNC(=O)c1cc2c(c3ccccc3n2C)n1CCOC. The molecule has 134 valence electrons. The van der Waals surface area contributed by atoms with E-state index in [1.54, 1.807) is 14.2 Å². The third-order valence-electron chi connectivity index (χ3n) is 4.52. The Labute approximate surface area is 147 Å². The number of nitrogens with one attached hydrogen (secondary N) is 1. The van der Waals surface area contributed by atoms with Crippen molar-refractivity contribution in [3.63, 3.8) is 0 Å². The Morgan fingerprint density at radius 1 is 1.12 bits per heavy atom. The van der Waals surface area contributed by atoms with E-state index in [1.165, 1.54) is 0 Å². The van der Waals surface area contributed by atoms with Crippen molar-refractivity contribution in [3.8, 4) is 0 Å². The van der Waals surface area contributed by atoms with E-state index in [9.17, 15) is 4.79 Å². The van der Waals surface area contributed by atoms with Crippen molar-refractivity contribution in [1.29, 1.82) is 0 Å². The van der Waals surface area contributed by atoms with Crippen molar-refractivity contribution in [2.24, 2.45) is 7.05 Å². The van der Waals surface area contributed by atoms with E-state index in [2.05, 4.69) is 26.6 Å². The second-order valence-corrected chi connectivity index (χ2v) is 6.09. The van der Waals surface area contributed by atoms with Gasteiger partial charge in [0.05, 0.1) is 23.2 Å². The number of aromatic nitrogens is 2. The molecule has 25 heavy (non-hydrogen) atoms. The van der Waals surface area contributed by atoms with Crippen LogP contribution in [0.5, 0.6) is 0 Å². The molecule has 6 heteroatoms. The molecule has 6 nitrogen and oxygen atoms in total. The van der Waals surface area contributed by atoms with Gasteiger partial charge in [0.25, 0.3) is 5.91 Å². The summed E-state index contributed by atoms with van der Waals surface area (Å²) < 4.78 is 14.5. The fourth-order valence-electron chi connectivity index (χ4n) is 3.28. The maximum atomic E-state index is 12.7. The smallest absolute Gasteiger partial charge is 0.268 e. The van der Waals surface area contributed by atoms with E-state index in [-0.39, 0.29) is 5.91 Å². The number of fused-ring (bicyclic) bond motifs is 3. The Morgan fingerprint density at radius 3 is 2.64 bits per heavy atom. The number of hydrogen-bond donors (Lipinski definition) is 1. The van der Waals surface area contributed by atoms with Gasteiger partial charge in [-0.3, -0.25) is 4.79 Å². The lowest BCUT2D eigenvalue weighted by Crippen LogP contribution is -2.28. The number of para-hydroxylation sites is 1. The fourth-order valence-corrected chi connectivity index (χ4v) is 3.28. The molecule has 0 bridgehead atoms. The Morgan fingerprint density at radius 2 is 1.88 bits per heavy atom. The van der Waals surface area contributed by atoms with Gasteiger partial charge in [0.1, 0.15) is 5.69 Å². The minimum absolute atomic E-state index is 0.0625. The second-order valence-electron chi connectivity index (χ2n) is 6.09. The molecule has 0 aliphatic rings. The van der Waals surface area contributed by atoms with Crippen LogP contribution in [0.4, 0.5) is 0 Å². The van der Waals surface area contributed by atoms with E-state index in [0.29, 0.717) is 32.0 Å². The van der Waals surface area contributed by atoms with Crippen LogP contribution < -0.4 is 5.32 Å². The van der Waals surface area contributed by atoms with Crippen molar-refractivity contribution >= 4 is 27.8 Å². The minimum Gasteiger partial charge on any atom is -0.385 e. The Hall–Kier alpha value is -2.31. The zero-order valence-corrected chi connectivity index (χ0v) is 15.0. The third kappa shape index (κ3) is 3.27. The number of carbonyl (C=O) groups excluding carboxylic acids is 1. The predicted molar refractivity (Wildman–Crippen MR) is 99.1 cm³/mol. The van der Waals surface area contributed by atoms with Gasteiger partial charge in [-0.2, -0.15) is 0 Å². The first kappa shape index (κ1) is 17.5. The van der Waals surface area contributed by atoms with Crippen molar-refractivity contribution in [2.45, 2.75) is 13.0 Å². The van der Waals surface area contributed by atoms with Crippen LogP contribution in [0.3, 0.4) is 0 Å². The fraction of sp³-hybridized carbons (Fsp3) is 0.421. The number of aryl methyl sites for hydroxylation is 1. The van der Waals surface area contributed by atoms with E-state index >= 15 is 0 Å². The Kier molecular flexibility index (Phi) is 5.40. The molecule has 0 saturated heterocycles. The van der Waals surface area contributed by atoms with Crippen molar-refractivity contribution in [3.05, 3.63) is 36.0 Å². The summed E-state index contributed by atoms with van der Waals surface area (Å²) in [5.41, 5.74) is 3.96. The molecule has 0 unspecified atom stereocenters. The van der Waals surface area contributed by atoms with Crippen molar-refractivity contribution < 1.29 is 14.3 Å². The molecule has 0 aliphatic carbocycles. The quantitative estimate of drug-likeness (QED) is 0.640. The van der Waals surface area contributed by atoms with E-state index < -0.39 is 0 Å². The summed E-state index contributed by atoms with van der Waals surface area (Å²) in [6.07, 6.45) is 0.795. The second kappa shape index (κ2) is 7.72. The number of rotatable bonds is 8. The van der Waals surface area contributed by atoms with Crippen LogP contribution in [0.15, 0.2) is 30.3 Å². The summed E-state index contributed by atoms with van der Waals surface area (Å²) in [5.74, 6) is -0.0625. The first-order valence-electron chi connectivity index (χ1n) is 8.51. The van der Waals surface area contributed by atoms with Crippen LogP contribution >= 0.6 is 0 Å². The van der Waals surface area contributed by atoms with E-state index in [1.807, 2.05) is 25.2 Å². The predicted octanol–water partition coefficient (Wildman–Crippen LogP) is 2.55. The van der Waals surface area contributed by atoms with Gasteiger partial charge in [-0.15, -0.1) is 0 Å². The highest BCUT2D eigenvalue weighted by molar-refractivity contribution is 6.10. The average molecular weight is 343 g/mol.